The van der Waals surface area contributed by atoms with E-state index in [1.165, 1.54) is 24.2 Å². The molecular formula is C21H22N3NaO5S. The zero-order valence-corrected chi connectivity index (χ0v) is 17.2. The van der Waals surface area contributed by atoms with E-state index >= 15 is 0 Å². The second-order valence-corrected chi connectivity index (χ2v) is 7.71. The number of aliphatic carboxylic acids is 1. The number of ketones is 1. The number of rotatable bonds is 6. The molecule has 1 aromatic carbocycles. The van der Waals surface area contributed by atoms with Gasteiger partial charge in [-0.25, -0.2) is 4.79 Å². The topological polar surface area (TPSA) is 116 Å². The van der Waals surface area contributed by atoms with Gasteiger partial charge in [-0.1, -0.05) is 18.2 Å². The molecule has 2 aromatic rings. The molecule has 0 aliphatic carbocycles. The quantitative estimate of drug-likeness (QED) is 0.458. The summed E-state index contributed by atoms with van der Waals surface area (Å²) in [6.45, 7) is 1.99. The number of aryl methyl sites for hydroxylation is 1. The molecule has 31 heavy (non-hydrogen) atoms. The summed E-state index contributed by atoms with van der Waals surface area (Å²) < 4.78 is 0. The summed E-state index contributed by atoms with van der Waals surface area (Å²) in [5, 5.41) is 18.2. The molecule has 0 saturated carbocycles. The number of thiophene rings is 1. The number of hydrogen-bond acceptors (Lipinski definition) is 5. The molecule has 2 atom stereocenters. The van der Waals surface area contributed by atoms with E-state index in [1.807, 2.05) is 29.8 Å². The van der Waals surface area contributed by atoms with Crippen LogP contribution in [0.5, 0.6) is 0 Å². The Bertz CT molecular complexity index is 1040. The van der Waals surface area contributed by atoms with Crippen molar-refractivity contribution in [2.45, 2.75) is 25.4 Å². The van der Waals surface area contributed by atoms with Gasteiger partial charge in [0.15, 0.2) is 11.8 Å². The van der Waals surface area contributed by atoms with Gasteiger partial charge in [-0.05, 0) is 46.0 Å². The van der Waals surface area contributed by atoms with E-state index in [2.05, 4.69) is 10.6 Å². The van der Waals surface area contributed by atoms with Crippen LogP contribution in [0, 0.1) is 6.92 Å². The van der Waals surface area contributed by atoms with Crippen molar-refractivity contribution in [3.63, 3.8) is 0 Å². The van der Waals surface area contributed by atoms with Crippen LogP contribution in [0.4, 0.5) is 4.79 Å². The van der Waals surface area contributed by atoms with Gasteiger partial charge in [0, 0.05) is 19.3 Å². The fraction of sp³-hybridized carbons (Fsp3) is 0.238. The van der Waals surface area contributed by atoms with E-state index in [9.17, 15) is 24.3 Å². The summed E-state index contributed by atoms with van der Waals surface area (Å²) in [5.41, 5.74) is 3.65. The van der Waals surface area contributed by atoms with Gasteiger partial charge in [-0.15, -0.1) is 0 Å². The van der Waals surface area contributed by atoms with Crippen molar-refractivity contribution in [3.8, 4) is 11.1 Å². The first-order valence-electron chi connectivity index (χ1n) is 9.17. The second-order valence-electron chi connectivity index (χ2n) is 6.96. The Balaban J connectivity index is 0.00000341. The summed E-state index contributed by atoms with van der Waals surface area (Å²) >= 11 is 1.57. The number of hydrogen-bond donors (Lipinski definition) is 3. The van der Waals surface area contributed by atoms with Crippen LogP contribution in [0.25, 0.3) is 11.1 Å². The van der Waals surface area contributed by atoms with Crippen LogP contribution in [-0.2, 0) is 14.4 Å². The van der Waals surface area contributed by atoms with Crippen LogP contribution in [0.1, 0.15) is 23.6 Å². The predicted octanol–water partition coefficient (Wildman–Crippen LogP) is 1.81. The van der Waals surface area contributed by atoms with Gasteiger partial charge < -0.3 is 20.6 Å². The Morgan fingerprint density at radius 1 is 1.26 bits per heavy atom. The van der Waals surface area contributed by atoms with E-state index in [1.54, 1.807) is 23.5 Å². The van der Waals surface area contributed by atoms with Crippen molar-refractivity contribution in [2.24, 2.45) is 0 Å². The molecule has 0 saturated heterocycles. The molecule has 0 fully saturated rings. The number of amides is 3. The Morgan fingerprint density at radius 3 is 2.65 bits per heavy atom. The molecule has 0 bridgehead atoms. The molecule has 8 nitrogen and oxygen atoms in total. The van der Waals surface area contributed by atoms with Gasteiger partial charge in [0.1, 0.15) is 0 Å². The molecule has 158 valence electrons. The van der Waals surface area contributed by atoms with Gasteiger partial charge in [0.2, 0.25) is 0 Å². The number of urea groups is 1. The number of carboxylic acids is 1. The van der Waals surface area contributed by atoms with Crippen LogP contribution in [0.15, 0.2) is 47.3 Å². The predicted molar refractivity (Wildman–Crippen MR) is 119 cm³/mol. The first-order chi connectivity index (χ1) is 14.3. The van der Waals surface area contributed by atoms with Gasteiger partial charge >= 0.3 is 41.6 Å². The Morgan fingerprint density at radius 2 is 2.00 bits per heavy atom. The minimum absolute atomic E-state index is 0. The summed E-state index contributed by atoms with van der Waals surface area (Å²) in [5.74, 6) is -2.20. The SMILES string of the molecule is Cc1cscc1-c1cccc(C(CC(=O)O)NC(=O)NC2C(=O)C=CN(C)C2=O)c1.[NaH]. The van der Waals surface area contributed by atoms with Crippen molar-refractivity contribution in [1.82, 2.24) is 15.5 Å². The number of nitrogens with one attached hydrogen (secondary N) is 2. The minimum atomic E-state index is -1.34. The first-order valence-corrected chi connectivity index (χ1v) is 10.1. The second kappa shape index (κ2) is 10.7. The zero-order chi connectivity index (χ0) is 21.8. The van der Waals surface area contributed by atoms with Crippen LogP contribution in [0.2, 0.25) is 0 Å². The fourth-order valence-electron chi connectivity index (χ4n) is 3.15. The summed E-state index contributed by atoms with van der Waals surface area (Å²) in [4.78, 5) is 49.1. The van der Waals surface area contributed by atoms with Gasteiger partial charge in [-0.3, -0.25) is 14.4 Å². The molecule has 3 amide bonds. The molecule has 1 aliphatic rings. The summed E-state index contributed by atoms with van der Waals surface area (Å²) in [6, 6.07) is 4.29. The van der Waals surface area contributed by atoms with Gasteiger partial charge in [-0.2, -0.15) is 11.3 Å². The normalized spacial score (nSPS) is 16.5. The van der Waals surface area contributed by atoms with Crippen LogP contribution in [-0.4, -0.2) is 76.3 Å². The molecule has 0 spiro atoms. The number of likely N-dealkylation sites (N-methyl/N-ethyl adjacent to an activating group) is 1. The molecule has 10 heteroatoms. The van der Waals surface area contributed by atoms with E-state index in [0.29, 0.717) is 5.56 Å². The molecule has 0 radical (unpaired) electrons. The first kappa shape index (κ1) is 24.8. The standard InChI is InChI=1S/C21H21N3O5S.Na.H/c1-12-10-30-11-15(12)13-4-3-5-14(8-13)16(9-18(26)27)22-21(29)23-19-17(25)6-7-24(2)20(19)28;;/h3-8,10-11,16,19H,9H2,1-2H3,(H,26,27)(H2,22,23,29);;. The average molecular weight is 451 g/mol. The number of carbonyl (C=O) groups is 4. The molecule has 2 unspecified atom stereocenters. The number of benzene rings is 1. The van der Waals surface area contributed by atoms with Crippen molar-refractivity contribution in [2.75, 3.05) is 7.05 Å². The average Bonchev–Trinajstić information content (AvgIpc) is 3.13. The van der Waals surface area contributed by atoms with Crippen LogP contribution in [0.3, 0.4) is 0 Å². The maximum atomic E-state index is 12.5. The molecule has 1 aromatic heterocycles. The number of nitrogens with zero attached hydrogens (tertiary/aromatic N) is 1. The summed E-state index contributed by atoms with van der Waals surface area (Å²) in [7, 11) is 1.48. The van der Waals surface area contributed by atoms with Crippen molar-refractivity contribution >= 4 is 64.6 Å². The number of carboxylic acid groups (broad SMARTS) is 1. The third-order valence-corrected chi connectivity index (χ3v) is 5.62. The molecule has 2 heterocycles. The van der Waals surface area contributed by atoms with Crippen molar-refractivity contribution in [3.05, 3.63) is 58.4 Å². The van der Waals surface area contributed by atoms with Crippen molar-refractivity contribution < 1.29 is 24.3 Å². The number of carbonyl (C=O) groups excluding carboxylic acids is 3. The van der Waals surface area contributed by atoms with Gasteiger partial charge in [0.05, 0.1) is 12.5 Å². The van der Waals surface area contributed by atoms with E-state index < -0.39 is 35.8 Å². The Kier molecular flexibility index (Phi) is 8.58. The van der Waals surface area contributed by atoms with Crippen LogP contribution >= 0.6 is 11.3 Å². The molecule has 1 aliphatic heterocycles. The van der Waals surface area contributed by atoms with Crippen LogP contribution < -0.4 is 10.6 Å². The monoisotopic (exact) mass is 451 g/mol. The zero-order valence-electron chi connectivity index (χ0n) is 16.4. The van der Waals surface area contributed by atoms with E-state index in [4.69, 9.17) is 0 Å². The maximum absolute atomic E-state index is 12.5. The Hall–Kier alpha value is -2.46. The van der Waals surface area contributed by atoms with E-state index in [0.717, 1.165) is 16.7 Å². The van der Waals surface area contributed by atoms with Crippen molar-refractivity contribution in [1.29, 1.82) is 0 Å². The molecule has 3 N–H and O–H groups in total. The Labute approximate surface area is 205 Å². The summed E-state index contributed by atoms with van der Waals surface area (Å²) in [6.07, 6.45) is 2.17. The third kappa shape index (κ3) is 6.04. The fourth-order valence-corrected chi connectivity index (χ4v) is 4.01. The molecular weight excluding hydrogens is 429 g/mol. The van der Waals surface area contributed by atoms with E-state index in [-0.39, 0.29) is 36.0 Å². The van der Waals surface area contributed by atoms with Gasteiger partial charge in [0.25, 0.3) is 5.91 Å². The third-order valence-electron chi connectivity index (χ3n) is 4.76. The molecule has 3 rings (SSSR count).